The van der Waals surface area contributed by atoms with Crippen molar-refractivity contribution in [2.24, 2.45) is 0 Å². The summed E-state index contributed by atoms with van der Waals surface area (Å²) in [4.78, 5) is 14.5. The lowest BCUT2D eigenvalue weighted by Gasteiger charge is -2.35. The standard InChI is InChI=1S/C14H27N3OS.ClH/c1-11(2)17-6-3-12(4-7-17)16-14(18)9-13-10-19-8-5-15-13;/h11-13,15H,3-10H2,1-2H3,(H,16,18);1H. The number of nitrogens with one attached hydrogen (secondary N) is 2. The van der Waals surface area contributed by atoms with Crippen LogP contribution < -0.4 is 10.6 Å². The highest BCUT2D eigenvalue weighted by Crippen LogP contribution is 2.14. The van der Waals surface area contributed by atoms with E-state index in [1.807, 2.05) is 11.8 Å². The summed E-state index contributed by atoms with van der Waals surface area (Å²) in [5, 5.41) is 6.63. The monoisotopic (exact) mass is 321 g/mol. The minimum absolute atomic E-state index is 0. The molecule has 0 spiro atoms. The zero-order chi connectivity index (χ0) is 13.7. The maximum absolute atomic E-state index is 12.0. The predicted octanol–water partition coefficient (Wildman–Crippen LogP) is 1.49. The second-order valence-electron chi connectivity index (χ2n) is 5.90. The lowest BCUT2D eigenvalue weighted by molar-refractivity contribution is -0.122. The Balaban J connectivity index is 0.00000200. The molecule has 0 aromatic carbocycles. The maximum Gasteiger partial charge on any atom is 0.221 e. The fourth-order valence-corrected chi connectivity index (χ4v) is 3.77. The first-order valence-electron chi connectivity index (χ1n) is 7.49. The lowest BCUT2D eigenvalue weighted by atomic mass is 10.0. The summed E-state index contributed by atoms with van der Waals surface area (Å²) >= 11 is 1.95. The third kappa shape index (κ3) is 5.80. The maximum atomic E-state index is 12.0. The van der Waals surface area contributed by atoms with Crippen LogP contribution >= 0.6 is 24.2 Å². The van der Waals surface area contributed by atoms with Gasteiger partial charge in [0.05, 0.1) is 0 Å². The highest BCUT2D eigenvalue weighted by molar-refractivity contribution is 7.99. The Morgan fingerprint density at radius 1 is 1.40 bits per heavy atom. The summed E-state index contributed by atoms with van der Waals surface area (Å²) < 4.78 is 0. The van der Waals surface area contributed by atoms with Gasteiger partial charge in [0.1, 0.15) is 0 Å². The molecule has 118 valence electrons. The van der Waals surface area contributed by atoms with Gasteiger partial charge in [-0.3, -0.25) is 4.79 Å². The molecule has 4 nitrogen and oxygen atoms in total. The van der Waals surface area contributed by atoms with E-state index >= 15 is 0 Å². The number of amides is 1. The molecule has 0 aromatic rings. The number of thioether (sulfide) groups is 1. The first kappa shape index (κ1) is 18.1. The van der Waals surface area contributed by atoms with E-state index in [1.54, 1.807) is 0 Å². The molecule has 2 fully saturated rings. The van der Waals surface area contributed by atoms with Crippen LogP contribution in [-0.4, -0.2) is 60.1 Å². The van der Waals surface area contributed by atoms with E-state index in [1.165, 1.54) is 5.75 Å². The second-order valence-corrected chi connectivity index (χ2v) is 7.05. The smallest absolute Gasteiger partial charge is 0.221 e. The van der Waals surface area contributed by atoms with Gasteiger partial charge in [0.2, 0.25) is 5.91 Å². The molecule has 2 saturated heterocycles. The Morgan fingerprint density at radius 2 is 2.10 bits per heavy atom. The molecule has 0 radical (unpaired) electrons. The molecule has 0 aromatic heterocycles. The van der Waals surface area contributed by atoms with Crippen molar-refractivity contribution in [2.75, 3.05) is 31.1 Å². The van der Waals surface area contributed by atoms with Crippen LogP contribution in [-0.2, 0) is 4.79 Å². The minimum atomic E-state index is 0. The summed E-state index contributed by atoms with van der Waals surface area (Å²) in [5.74, 6) is 2.47. The normalized spacial score (nSPS) is 25.2. The third-order valence-corrected chi connectivity index (χ3v) is 5.19. The fraction of sp³-hybridized carbons (Fsp3) is 0.929. The van der Waals surface area contributed by atoms with Crippen LogP contribution in [0.4, 0.5) is 0 Å². The number of likely N-dealkylation sites (tertiary alicyclic amines) is 1. The molecule has 20 heavy (non-hydrogen) atoms. The van der Waals surface area contributed by atoms with E-state index in [-0.39, 0.29) is 18.3 Å². The molecule has 2 rings (SSSR count). The Labute approximate surface area is 133 Å². The zero-order valence-electron chi connectivity index (χ0n) is 12.6. The van der Waals surface area contributed by atoms with Gasteiger partial charge in [-0.05, 0) is 26.7 Å². The molecular formula is C14H28ClN3OS. The number of nitrogens with zero attached hydrogens (tertiary/aromatic N) is 1. The number of rotatable bonds is 4. The first-order valence-corrected chi connectivity index (χ1v) is 8.65. The van der Waals surface area contributed by atoms with E-state index in [2.05, 4.69) is 29.4 Å². The van der Waals surface area contributed by atoms with Gasteiger partial charge < -0.3 is 15.5 Å². The van der Waals surface area contributed by atoms with Gasteiger partial charge in [0, 0.05) is 55.7 Å². The van der Waals surface area contributed by atoms with Crippen LogP contribution in [0, 0.1) is 0 Å². The van der Waals surface area contributed by atoms with Crippen LogP contribution in [0.5, 0.6) is 0 Å². The molecule has 2 aliphatic heterocycles. The summed E-state index contributed by atoms with van der Waals surface area (Å²) in [6.07, 6.45) is 2.82. The number of carbonyl (C=O) groups is 1. The zero-order valence-corrected chi connectivity index (χ0v) is 14.2. The largest absolute Gasteiger partial charge is 0.353 e. The van der Waals surface area contributed by atoms with Crippen LogP contribution in [0.15, 0.2) is 0 Å². The average molecular weight is 322 g/mol. The lowest BCUT2D eigenvalue weighted by Crippen LogP contribution is -2.48. The molecule has 0 saturated carbocycles. The SMILES string of the molecule is CC(C)N1CCC(NC(=O)CC2CSCCN2)CC1.Cl. The van der Waals surface area contributed by atoms with Crippen LogP contribution in [0.3, 0.4) is 0 Å². The van der Waals surface area contributed by atoms with E-state index in [0.29, 0.717) is 24.5 Å². The topological polar surface area (TPSA) is 44.4 Å². The van der Waals surface area contributed by atoms with Gasteiger partial charge in [-0.15, -0.1) is 12.4 Å². The third-order valence-electron chi connectivity index (χ3n) is 4.06. The van der Waals surface area contributed by atoms with E-state index in [0.717, 1.165) is 38.2 Å². The van der Waals surface area contributed by atoms with E-state index in [9.17, 15) is 4.79 Å². The Kier molecular flexibility index (Phi) is 8.25. The Bertz CT molecular complexity index is 290. The molecule has 1 atom stereocenters. The number of halogens is 1. The highest BCUT2D eigenvalue weighted by atomic mass is 35.5. The predicted molar refractivity (Wildman–Crippen MR) is 88.9 cm³/mol. The molecule has 0 aliphatic carbocycles. The Hall–Kier alpha value is 0.0300. The molecule has 2 N–H and O–H groups in total. The summed E-state index contributed by atoms with van der Waals surface area (Å²) in [5.41, 5.74) is 0. The van der Waals surface area contributed by atoms with Crippen molar-refractivity contribution < 1.29 is 4.79 Å². The number of hydrogen-bond donors (Lipinski definition) is 2. The van der Waals surface area contributed by atoms with Gasteiger partial charge in [0.15, 0.2) is 0 Å². The molecule has 1 unspecified atom stereocenters. The Morgan fingerprint density at radius 3 is 2.65 bits per heavy atom. The van der Waals surface area contributed by atoms with Gasteiger partial charge in [-0.25, -0.2) is 0 Å². The van der Waals surface area contributed by atoms with E-state index in [4.69, 9.17) is 0 Å². The van der Waals surface area contributed by atoms with Crippen molar-refractivity contribution in [1.29, 1.82) is 0 Å². The second kappa shape index (κ2) is 9.13. The summed E-state index contributed by atoms with van der Waals surface area (Å²) in [6, 6.07) is 1.38. The van der Waals surface area contributed by atoms with Gasteiger partial charge in [0.25, 0.3) is 0 Å². The number of carbonyl (C=O) groups excluding carboxylic acids is 1. The van der Waals surface area contributed by atoms with E-state index < -0.39 is 0 Å². The number of piperidine rings is 1. The van der Waals surface area contributed by atoms with Gasteiger partial charge in [-0.1, -0.05) is 0 Å². The molecule has 0 bridgehead atoms. The minimum Gasteiger partial charge on any atom is -0.353 e. The first-order chi connectivity index (χ1) is 9.15. The van der Waals surface area contributed by atoms with Crippen molar-refractivity contribution in [3.63, 3.8) is 0 Å². The summed E-state index contributed by atoms with van der Waals surface area (Å²) in [7, 11) is 0. The highest BCUT2D eigenvalue weighted by Gasteiger charge is 2.23. The van der Waals surface area contributed by atoms with Gasteiger partial charge in [-0.2, -0.15) is 11.8 Å². The van der Waals surface area contributed by atoms with Crippen molar-refractivity contribution in [1.82, 2.24) is 15.5 Å². The van der Waals surface area contributed by atoms with Crippen molar-refractivity contribution in [3.8, 4) is 0 Å². The molecule has 1 amide bonds. The quantitative estimate of drug-likeness (QED) is 0.823. The molecular weight excluding hydrogens is 294 g/mol. The molecule has 2 aliphatic rings. The number of hydrogen-bond acceptors (Lipinski definition) is 4. The van der Waals surface area contributed by atoms with Crippen LogP contribution in [0.1, 0.15) is 33.1 Å². The van der Waals surface area contributed by atoms with Crippen molar-refractivity contribution in [2.45, 2.75) is 51.2 Å². The van der Waals surface area contributed by atoms with Crippen molar-refractivity contribution in [3.05, 3.63) is 0 Å². The molecule has 2 heterocycles. The van der Waals surface area contributed by atoms with Gasteiger partial charge >= 0.3 is 0 Å². The molecule has 6 heteroatoms. The fourth-order valence-electron chi connectivity index (χ4n) is 2.82. The van der Waals surface area contributed by atoms with Crippen LogP contribution in [0.25, 0.3) is 0 Å². The average Bonchev–Trinajstić information content (AvgIpc) is 2.40. The van der Waals surface area contributed by atoms with Crippen LogP contribution in [0.2, 0.25) is 0 Å². The van der Waals surface area contributed by atoms with Crippen molar-refractivity contribution >= 4 is 30.1 Å². The summed E-state index contributed by atoms with van der Waals surface area (Å²) in [6.45, 7) is 7.74.